The predicted octanol–water partition coefficient (Wildman–Crippen LogP) is 3.67. The summed E-state index contributed by atoms with van der Waals surface area (Å²) in [6, 6.07) is 10.2. The van der Waals surface area contributed by atoms with Gasteiger partial charge in [0.1, 0.15) is 11.4 Å². The molecule has 5 heteroatoms. The van der Waals surface area contributed by atoms with E-state index in [1.807, 2.05) is 0 Å². The van der Waals surface area contributed by atoms with Crippen LogP contribution in [-0.4, -0.2) is 10.2 Å². The van der Waals surface area contributed by atoms with Crippen molar-refractivity contribution in [2.45, 2.75) is 18.7 Å². The summed E-state index contributed by atoms with van der Waals surface area (Å²) in [5.41, 5.74) is -1.37. The van der Waals surface area contributed by atoms with Crippen LogP contribution in [-0.2, 0) is 11.8 Å². The van der Waals surface area contributed by atoms with Crippen molar-refractivity contribution < 1.29 is 23.4 Å². The minimum absolute atomic E-state index is 0.0527. The van der Waals surface area contributed by atoms with Crippen molar-refractivity contribution in [1.82, 2.24) is 0 Å². The van der Waals surface area contributed by atoms with Gasteiger partial charge in [-0.1, -0.05) is 24.3 Å². The van der Waals surface area contributed by atoms with E-state index in [0.717, 1.165) is 12.1 Å². The molecule has 2 nitrogen and oxygen atoms in total. The fourth-order valence-electron chi connectivity index (χ4n) is 1.94. The van der Waals surface area contributed by atoms with E-state index in [1.165, 1.54) is 43.3 Å². The third kappa shape index (κ3) is 2.77. The summed E-state index contributed by atoms with van der Waals surface area (Å²) in [7, 11) is 0. The van der Waals surface area contributed by atoms with Crippen LogP contribution in [0, 0.1) is 0 Å². The summed E-state index contributed by atoms with van der Waals surface area (Å²) in [5.74, 6) is 0.0527. The number of phenolic OH excluding ortho intramolecular Hbond substituents is 1. The molecular formula is C15H13F3O2. The Kier molecular flexibility index (Phi) is 3.48. The Balaban J connectivity index is 2.37. The molecule has 2 aromatic rings. The summed E-state index contributed by atoms with van der Waals surface area (Å²) in [5, 5.41) is 19.7. The predicted molar refractivity (Wildman–Crippen MR) is 68.2 cm³/mol. The lowest BCUT2D eigenvalue weighted by Gasteiger charge is -2.25. The molecule has 2 rings (SSSR count). The average Bonchev–Trinajstić information content (AvgIpc) is 2.38. The Morgan fingerprint density at radius 3 is 1.50 bits per heavy atom. The highest BCUT2D eigenvalue weighted by molar-refractivity contribution is 5.39. The van der Waals surface area contributed by atoms with Crippen molar-refractivity contribution in [3.63, 3.8) is 0 Å². The van der Waals surface area contributed by atoms with Gasteiger partial charge >= 0.3 is 6.18 Å². The first-order valence-electron chi connectivity index (χ1n) is 5.91. The van der Waals surface area contributed by atoms with E-state index in [2.05, 4.69) is 0 Å². The third-order valence-corrected chi connectivity index (χ3v) is 3.20. The number of phenols is 1. The lowest BCUT2D eigenvalue weighted by molar-refractivity contribution is -0.137. The minimum atomic E-state index is -4.40. The summed E-state index contributed by atoms with van der Waals surface area (Å²) in [6.07, 6.45) is -4.40. The van der Waals surface area contributed by atoms with Gasteiger partial charge in [0.25, 0.3) is 0 Å². The molecule has 0 saturated heterocycles. The van der Waals surface area contributed by atoms with Crippen LogP contribution >= 0.6 is 0 Å². The van der Waals surface area contributed by atoms with Crippen molar-refractivity contribution in [3.05, 3.63) is 65.2 Å². The molecule has 1 unspecified atom stereocenters. The van der Waals surface area contributed by atoms with Gasteiger partial charge in [-0.15, -0.1) is 0 Å². The zero-order chi connectivity index (χ0) is 15.0. The lowest BCUT2D eigenvalue weighted by atomic mass is 9.88. The number of aliphatic hydroxyl groups is 1. The van der Waals surface area contributed by atoms with Crippen LogP contribution in [0.15, 0.2) is 48.5 Å². The first-order valence-corrected chi connectivity index (χ1v) is 5.91. The number of aromatic hydroxyl groups is 1. The van der Waals surface area contributed by atoms with Gasteiger partial charge in [0, 0.05) is 0 Å². The second-order valence-electron chi connectivity index (χ2n) is 4.69. The summed E-state index contributed by atoms with van der Waals surface area (Å²) in [6.45, 7) is 1.49. The van der Waals surface area contributed by atoms with Crippen molar-refractivity contribution in [1.29, 1.82) is 0 Å². The first-order chi connectivity index (χ1) is 9.21. The van der Waals surface area contributed by atoms with Crippen molar-refractivity contribution in [2.24, 2.45) is 0 Å². The number of hydrogen-bond acceptors (Lipinski definition) is 2. The van der Waals surface area contributed by atoms with E-state index in [4.69, 9.17) is 0 Å². The maximum Gasteiger partial charge on any atom is 0.416 e. The molecule has 0 fully saturated rings. The molecule has 0 amide bonds. The lowest BCUT2D eigenvalue weighted by Crippen LogP contribution is -2.22. The highest BCUT2D eigenvalue weighted by atomic mass is 19.4. The van der Waals surface area contributed by atoms with Gasteiger partial charge < -0.3 is 10.2 Å². The van der Waals surface area contributed by atoms with E-state index in [1.54, 1.807) is 0 Å². The van der Waals surface area contributed by atoms with Crippen molar-refractivity contribution in [3.8, 4) is 5.75 Å². The topological polar surface area (TPSA) is 40.5 Å². The fraction of sp³-hybridized carbons (Fsp3) is 0.200. The van der Waals surface area contributed by atoms with Gasteiger partial charge in [-0.05, 0) is 42.3 Å². The maximum absolute atomic E-state index is 12.5. The van der Waals surface area contributed by atoms with E-state index in [-0.39, 0.29) is 5.75 Å². The maximum atomic E-state index is 12.5. The van der Waals surface area contributed by atoms with Gasteiger partial charge in [-0.2, -0.15) is 13.2 Å². The average molecular weight is 282 g/mol. The molecule has 0 radical (unpaired) electrons. The van der Waals surface area contributed by atoms with E-state index in [0.29, 0.717) is 11.1 Å². The highest BCUT2D eigenvalue weighted by Gasteiger charge is 2.32. The normalized spacial score (nSPS) is 14.8. The van der Waals surface area contributed by atoms with Crippen LogP contribution in [0.3, 0.4) is 0 Å². The Morgan fingerprint density at radius 1 is 0.750 bits per heavy atom. The van der Waals surface area contributed by atoms with Crippen LogP contribution in [0.5, 0.6) is 5.75 Å². The Bertz CT molecular complexity index is 584. The molecule has 0 aliphatic rings. The van der Waals surface area contributed by atoms with Crippen LogP contribution in [0.1, 0.15) is 23.6 Å². The largest absolute Gasteiger partial charge is 0.508 e. The van der Waals surface area contributed by atoms with E-state index < -0.39 is 17.3 Å². The fourth-order valence-corrected chi connectivity index (χ4v) is 1.94. The number of rotatable bonds is 2. The van der Waals surface area contributed by atoms with Gasteiger partial charge in [-0.25, -0.2) is 0 Å². The molecule has 0 saturated carbocycles. The minimum Gasteiger partial charge on any atom is -0.508 e. The molecule has 20 heavy (non-hydrogen) atoms. The molecule has 0 aromatic heterocycles. The molecule has 106 valence electrons. The van der Waals surface area contributed by atoms with Gasteiger partial charge in [-0.3, -0.25) is 0 Å². The molecule has 2 N–H and O–H groups in total. The number of halogens is 3. The zero-order valence-electron chi connectivity index (χ0n) is 10.6. The quantitative estimate of drug-likeness (QED) is 0.882. The van der Waals surface area contributed by atoms with Crippen LogP contribution in [0.4, 0.5) is 13.2 Å². The second kappa shape index (κ2) is 4.83. The van der Waals surface area contributed by atoms with Crippen molar-refractivity contribution >= 4 is 0 Å². The molecule has 0 heterocycles. The monoisotopic (exact) mass is 282 g/mol. The highest BCUT2D eigenvalue weighted by Crippen LogP contribution is 2.33. The van der Waals surface area contributed by atoms with Gasteiger partial charge in [0.15, 0.2) is 0 Å². The summed E-state index contributed by atoms with van der Waals surface area (Å²) >= 11 is 0. The molecular weight excluding hydrogens is 269 g/mol. The number of hydrogen-bond donors (Lipinski definition) is 2. The molecule has 0 aliphatic heterocycles. The standard InChI is InChI=1S/C15H13F3O2/c1-14(20,11-6-8-13(19)9-7-11)10-2-4-12(5-3-10)15(16,17)18/h2-9,19-20H,1H3. The molecule has 1 atom stereocenters. The molecule has 0 aliphatic carbocycles. The molecule has 0 bridgehead atoms. The second-order valence-corrected chi connectivity index (χ2v) is 4.69. The van der Waals surface area contributed by atoms with E-state index >= 15 is 0 Å². The third-order valence-electron chi connectivity index (χ3n) is 3.20. The van der Waals surface area contributed by atoms with Crippen molar-refractivity contribution in [2.75, 3.05) is 0 Å². The van der Waals surface area contributed by atoms with Crippen LogP contribution in [0.25, 0.3) is 0 Å². The van der Waals surface area contributed by atoms with Crippen LogP contribution < -0.4 is 0 Å². The zero-order valence-corrected chi connectivity index (χ0v) is 10.6. The Morgan fingerprint density at radius 2 is 1.10 bits per heavy atom. The Hall–Kier alpha value is -2.01. The molecule has 0 spiro atoms. The smallest absolute Gasteiger partial charge is 0.416 e. The van der Waals surface area contributed by atoms with E-state index in [9.17, 15) is 23.4 Å². The van der Waals surface area contributed by atoms with Gasteiger partial charge in [0.05, 0.1) is 5.56 Å². The Labute approximate surface area is 114 Å². The van der Waals surface area contributed by atoms with Gasteiger partial charge in [0.2, 0.25) is 0 Å². The number of alkyl halides is 3. The molecule has 2 aromatic carbocycles. The summed E-state index contributed by atoms with van der Waals surface area (Å²) < 4.78 is 37.5. The number of benzene rings is 2. The summed E-state index contributed by atoms with van der Waals surface area (Å²) in [4.78, 5) is 0. The van der Waals surface area contributed by atoms with Crippen LogP contribution in [0.2, 0.25) is 0 Å². The SMILES string of the molecule is CC(O)(c1ccc(O)cc1)c1ccc(C(F)(F)F)cc1. The first kappa shape index (κ1) is 14.4.